The van der Waals surface area contributed by atoms with Crippen LogP contribution in [-0.2, 0) is 13.1 Å². The molecule has 1 aromatic heterocycles. The SMILES string of the molecule is CN1Cc2cc(Cl)ccc2-n2c(nnc2C2CCN(c3ccccc3)CC2)C1. The molecule has 5 nitrogen and oxygen atoms in total. The van der Waals surface area contributed by atoms with Gasteiger partial charge in [-0.15, -0.1) is 10.2 Å². The first-order chi connectivity index (χ1) is 13.7. The molecule has 0 unspecified atom stereocenters. The van der Waals surface area contributed by atoms with E-state index in [9.17, 15) is 0 Å². The Morgan fingerprint density at radius 3 is 2.54 bits per heavy atom. The van der Waals surface area contributed by atoms with Crippen molar-refractivity contribution in [3.05, 3.63) is 70.8 Å². The van der Waals surface area contributed by atoms with E-state index in [1.54, 1.807) is 0 Å². The van der Waals surface area contributed by atoms with Crippen LogP contribution >= 0.6 is 11.6 Å². The fourth-order valence-electron chi connectivity index (χ4n) is 4.48. The average Bonchev–Trinajstić information content (AvgIpc) is 3.06. The number of fused-ring (bicyclic) bond motifs is 3. The van der Waals surface area contributed by atoms with Crippen LogP contribution in [0.2, 0.25) is 5.02 Å². The number of rotatable bonds is 2. The monoisotopic (exact) mass is 393 g/mol. The van der Waals surface area contributed by atoms with Crippen molar-refractivity contribution in [2.45, 2.75) is 31.8 Å². The fraction of sp³-hybridized carbons (Fsp3) is 0.364. The zero-order chi connectivity index (χ0) is 19.1. The average molecular weight is 394 g/mol. The summed E-state index contributed by atoms with van der Waals surface area (Å²) in [5.74, 6) is 2.54. The van der Waals surface area contributed by atoms with Crippen LogP contribution < -0.4 is 4.90 Å². The van der Waals surface area contributed by atoms with E-state index in [0.29, 0.717) is 5.92 Å². The van der Waals surface area contributed by atoms with Gasteiger partial charge >= 0.3 is 0 Å². The van der Waals surface area contributed by atoms with Gasteiger partial charge in [0.05, 0.1) is 12.2 Å². The summed E-state index contributed by atoms with van der Waals surface area (Å²) in [7, 11) is 2.12. The lowest BCUT2D eigenvalue weighted by atomic mass is 9.95. The summed E-state index contributed by atoms with van der Waals surface area (Å²) in [5, 5.41) is 10.00. The lowest BCUT2D eigenvalue weighted by Gasteiger charge is -2.33. The van der Waals surface area contributed by atoms with Crippen LogP contribution in [0.4, 0.5) is 5.69 Å². The Labute approximate surface area is 170 Å². The molecule has 144 valence electrons. The quantitative estimate of drug-likeness (QED) is 0.652. The Balaban J connectivity index is 1.45. The van der Waals surface area contributed by atoms with Crippen LogP contribution in [0.1, 0.15) is 36.0 Å². The third-order valence-corrected chi connectivity index (χ3v) is 6.11. The van der Waals surface area contributed by atoms with E-state index in [1.165, 1.54) is 16.9 Å². The molecule has 6 heteroatoms. The van der Waals surface area contributed by atoms with Gasteiger partial charge in [-0.3, -0.25) is 9.47 Å². The van der Waals surface area contributed by atoms with Crippen LogP contribution in [-0.4, -0.2) is 39.8 Å². The normalized spacial score (nSPS) is 17.9. The van der Waals surface area contributed by atoms with E-state index in [1.807, 2.05) is 6.07 Å². The Morgan fingerprint density at radius 1 is 0.964 bits per heavy atom. The lowest BCUT2D eigenvalue weighted by molar-refractivity contribution is 0.315. The lowest BCUT2D eigenvalue weighted by Crippen LogP contribution is -2.33. The smallest absolute Gasteiger partial charge is 0.151 e. The van der Waals surface area contributed by atoms with Gasteiger partial charge in [0.15, 0.2) is 5.82 Å². The van der Waals surface area contributed by atoms with Crippen LogP contribution in [0, 0.1) is 0 Å². The predicted octanol–water partition coefficient (Wildman–Crippen LogP) is 4.25. The first-order valence-corrected chi connectivity index (χ1v) is 10.3. The zero-order valence-corrected chi connectivity index (χ0v) is 16.8. The van der Waals surface area contributed by atoms with E-state index >= 15 is 0 Å². The second-order valence-corrected chi connectivity index (χ2v) is 8.29. The van der Waals surface area contributed by atoms with Crippen molar-refractivity contribution in [2.24, 2.45) is 0 Å². The molecule has 0 amide bonds. The summed E-state index contributed by atoms with van der Waals surface area (Å²) >= 11 is 6.28. The number of aromatic nitrogens is 3. The number of benzene rings is 2. The Bertz CT molecular complexity index is 976. The molecule has 0 N–H and O–H groups in total. The summed E-state index contributed by atoms with van der Waals surface area (Å²) in [6.45, 7) is 3.75. The minimum atomic E-state index is 0.424. The van der Waals surface area contributed by atoms with E-state index in [0.717, 1.165) is 55.7 Å². The van der Waals surface area contributed by atoms with Crippen LogP contribution in [0.3, 0.4) is 0 Å². The second-order valence-electron chi connectivity index (χ2n) is 7.85. The fourth-order valence-corrected chi connectivity index (χ4v) is 4.68. The molecule has 0 aliphatic carbocycles. The van der Waals surface area contributed by atoms with Gasteiger partial charge in [-0.2, -0.15) is 0 Å². The van der Waals surface area contributed by atoms with Crippen molar-refractivity contribution in [2.75, 3.05) is 25.0 Å². The minimum absolute atomic E-state index is 0.424. The van der Waals surface area contributed by atoms with Crippen molar-refractivity contribution in [3.8, 4) is 5.69 Å². The molecular formula is C22H24ClN5. The summed E-state index contributed by atoms with van der Waals surface area (Å²) < 4.78 is 2.29. The number of piperidine rings is 1. The third kappa shape index (κ3) is 3.19. The molecule has 1 saturated heterocycles. The standard InChI is InChI=1S/C22H24ClN5/c1-26-14-17-13-18(23)7-8-20(17)28-21(15-26)24-25-22(28)16-9-11-27(12-10-16)19-5-3-2-4-6-19/h2-8,13,16H,9-12,14-15H2,1H3. The maximum absolute atomic E-state index is 6.28. The molecule has 0 radical (unpaired) electrons. The Morgan fingerprint density at radius 2 is 1.75 bits per heavy atom. The highest BCUT2D eigenvalue weighted by Crippen LogP contribution is 2.34. The van der Waals surface area contributed by atoms with Gasteiger partial charge in [-0.05, 0) is 55.8 Å². The first-order valence-electron chi connectivity index (χ1n) is 9.90. The highest BCUT2D eigenvalue weighted by atomic mass is 35.5. The number of para-hydroxylation sites is 1. The Hall–Kier alpha value is -2.37. The number of anilines is 1. The van der Waals surface area contributed by atoms with Crippen LogP contribution in [0.5, 0.6) is 0 Å². The predicted molar refractivity (Wildman–Crippen MR) is 112 cm³/mol. The van der Waals surface area contributed by atoms with E-state index in [2.05, 4.69) is 74.1 Å². The molecule has 0 spiro atoms. The summed E-state index contributed by atoms with van der Waals surface area (Å²) in [5.41, 5.74) is 3.72. The molecule has 2 aliphatic heterocycles. The molecule has 0 saturated carbocycles. The van der Waals surface area contributed by atoms with Crippen molar-refractivity contribution >= 4 is 17.3 Å². The number of halogens is 1. The second kappa shape index (κ2) is 7.22. The summed E-state index contributed by atoms with van der Waals surface area (Å²) in [6, 6.07) is 16.8. The minimum Gasteiger partial charge on any atom is -0.371 e. The van der Waals surface area contributed by atoms with E-state index < -0.39 is 0 Å². The van der Waals surface area contributed by atoms with Crippen molar-refractivity contribution < 1.29 is 0 Å². The molecule has 2 aromatic carbocycles. The first kappa shape index (κ1) is 17.7. The largest absolute Gasteiger partial charge is 0.371 e. The molecule has 3 heterocycles. The van der Waals surface area contributed by atoms with Crippen molar-refractivity contribution in [3.63, 3.8) is 0 Å². The molecule has 28 heavy (non-hydrogen) atoms. The number of hydrogen-bond acceptors (Lipinski definition) is 4. The highest BCUT2D eigenvalue weighted by Gasteiger charge is 2.29. The number of hydrogen-bond donors (Lipinski definition) is 0. The van der Waals surface area contributed by atoms with Gasteiger partial charge < -0.3 is 4.90 Å². The molecule has 2 aliphatic rings. The molecule has 0 atom stereocenters. The summed E-state index contributed by atoms with van der Waals surface area (Å²) in [4.78, 5) is 4.74. The summed E-state index contributed by atoms with van der Waals surface area (Å²) in [6.07, 6.45) is 2.18. The zero-order valence-electron chi connectivity index (χ0n) is 16.1. The number of nitrogens with zero attached hydrogens (tertiary/aromatic N) is 5. The Kier molecular flexibility index (Phi) is 4.57. The van der Waals surface area contributed by atoms with Gasteiger partial charge in [0.25, 0.3) is 0 Å². The maximum atomic E-state index is 6.28. The van der Waals surface area contributed by atoms with Gasteiger partial charge in [0.2, 0.25) is 0 Å². The van der Waals surface area contributed by atoms with Gasteiger partial charge in [-0.1, -0.05) is 29.8 Å². The van der Waals surface area contributed by atoms with Crippen molar-refractivity contribution in [1.29, 1.82) is 0 Å². The van der Waals surface area contributed by atoms with Gasteiger partial charge in [-0.25, -0.2) is 0 Å². The molecular weight excluding hydrogens is 370 g/mol. The van der Waals surface area contributed by atoms with Crippen molar-refractivity contribution in [1.82, 2.24) is 19.7 Å². The van der Waals surface area contributed by atoms with Gasteiger partial charge in [0.1, 0.15) is 5.82 Å². The molecule has 5 rings (SSSR count). The highest BCUT2D eigenvalue weighted by molar-refractivity contribution is 6.30. The maximum Gasteiger partial charge on any atom is 0.151 e. The van der Waals surface area contributed by atoms with Gasteiger partial charge in [0, 0.05) is 36.3 Å². The van der Waals surface area contributed by atoms with Crippen LogP contribution in [0.25, 0.3) is 5.69 Å². The molecule has 1 fully saturated rings. The van der Waals surface area contributed by atoms with E-state index in [-0.39, 0.29) is 0 Å². The van der Waals surface area contributed by atoms with Crippen LogP contribution in [0.15, 0.2) is 48.5 Å². The topological polar surface area (TPSA) is 37.2 Å². The van der Waals surface area contributed by atoms with E-state index in [4.69, 9.17) is 11.6 Å². The molecule has 3 aromatic rings. The molecule has 0 bridgehead atoms. The third-order valence-electron chi connectivity index (χ3n) is 5.87.